The van der Waals surface area contributed by atoms with E-state index < -0.39 is 0 Å². The number of hydrogen-bond acceptors (Lipinski definition) is 2. The molecule has 0 saturated carbocycles. The Balaban J connectivity index is 1.36. The largest absolute Gasteiger partial charge is 0.324 e. The molecule has 0 radical (unpaired) electrons. The number of urea groups is 1. The first kappa shape index (κ1) is 17.1. The van der Waals surface area contributed by atoms with Crippen molar-refractivity contribution >= 4 is 11.7 Å². The van der Waals surface area contributed by atoms with Crippen LogP contribution in [0.2, 0.25) is 0 Å². The lowest BCUT2D eigenvalue weighted by atomic mass is 10.0. The molecule has 2 aromatic rings. The second-order valence-electron chi connectivity index (χ2n) is 7.65. The van der Waals surface area contributed by atoms with Gasteiger partial charge in [-0.1, -0.05) is 50.2 Å². The number of carbonyl (C=O) groups is 1. The van der Waals surface area contributed by atoms with Crippen molar-refractivity contribution in [1.29, 1.82) is 0 Å². The summed E-state index contributed by atoms with van der Waals surface area (Å²) in [5, 5.41) is 0. The summed E-state index contributed by atoms with van der Waals surface area (Å²) < 4.78 is 0. The zero-order valence-corrected chi connectivity index (χ0v) is 15.7. The molecule has 2 aromatic carbocycles. The maximum Gasteiger partial charge on any atom is 0.324 e. The normalized spacial score (nSPS) is 17.4. The van der Waals surface area contributed by atoms with E-state index in [1.165, 1.54) is 16.7 Å². The van der Waals surface area contributed by atoms with Gasteiger partial charge in [0, 0.05) is 45.0 Å². The van der Waals surface area contributed by atoms with Crippen LogP contribution < -0.4 is 4.90 Å². The molecular weight excluding hydrogens is 322 g/mol. The van der Waals surface area contributed by atoms with Gasteiger partial charge in [-0.25, -0.2) is 4.79 Å². The van der Waals surface area contributed by atoms with Crippen molar-refractivity contribution in [3.8, 4) is 0 Å². The van der Waals surface area contributed by atoms with E-state index in [4.69, 9.17) is 0 Å². The van der Waals surface area contributed by atoms with Gasteiger partial charge >= 0.3 is 6.03 Å². The Bertz CT molecular complexity index is 776. The average Bonchev–Trinajstić information content (AvgIpc) is 3.23. The predicted octanol–water partition coefficient (Wildman–Crippen LogP) is 4.07. The molecule has 0 spiro atoms. The number of benzene rings is 2. The summed E-state index contributed by atoms with van der Waals surface area (Å²) in [5.74, 6) is 0.473. The van der Waals surface area contributed by atoms with Gasteiger partial charge in [-0.05, 0) is 34.7 Å². The van der Waals surface area contributed by atoms with Gasteiger partial charge in [0.15, 0.2) is 0 Å². The first-order chi connectivity index (χ1) is 12.6. The Morgan fingerprint density at radius 2 is 1.65 bits per heavy atom. The van der Waals surface area contributed by atoms with E-state index in [0.717, 1.165) is 45.0 Å². The molecular formula is C22H27N3O. The van der Waals surface area contributed by atoms with Crippen LogP contribution in [0.4, 0.5) is 10.5 Å². The summed E-state index contributed by atoms with van der Waals surface area (Å²) in [4.78, 5) is 19.2. The van der Waals surface area contributed by atoms with Gasteiger partial charge < -0.3 is 4.90 Å². The highest BCUT2D eigenvalue weighted by atomic mass is 16.2. The molecule has 4 nitrogen and oxygen atoms in total. The molecule has 0 aromatic heterocycles. The molecule has 0 aliphatic carbocycles. The minimum absolute atomic E-state index is 0.141. The Hall–Kier alpha value is -2.33. The molecule has 0 unspecified atom stereocenters. The first-order valence-electron chi connectivity index (χ1n) is 9.57. The number of rotatable bonds is 5. The topological polar surface area (TPSA) is 26.8 Å². The fourth-order valence-corrected chi connectivity index (χ4v) is 3.91. The van der Waals surface area contributed by atoms with E-state index in [1.807, 2.05) is 15.9 Å². The van der Waals surface area contributed by atoms with E-state index in [0.29, 0.717) is 5.92 Å². The standard InChI is InChI=1S/C22H27N3O/c1-17(2)18-8-5-9-21(14-18)25-13-12-24(22(25)26)11-10-23-15-19-6-3-4-7-20(19)16-23/h3-9,14,17H,10-13,15-16H2,1-2H3. The Labute approximate surface area is 156 Å². The van der Waals surface area contributed by atoms with Crippen LogP contribution >= 0.6 is 0 Å². The number of amides is 2. The van der Waals surface area contributed by atoms with E-state index in [2.05, 4.69) is 61.2 Å². The van der Waals surface area contributed by atoms with Gasteiger partial charge in [0.05, 0.1) is 0 Å². The van der Waals surface area contributed by atoms with Crippen molar-refractivity contribution in [3.63, 3.8) is 0 Å². The molecule has 4 heteroatoms. The van der Waals surface area contributed by atoms with E-state index in [-0.39, 0.29) is 6.03 Å². The predicted molar refractivity (Wildman–Crippen MR) is 105 cm³/mol. The van der Waals surface area contributed by atoms with Crippen LogP contribution in [-0.2, 0) is 13.1 Å². The van der Waals surface area contributed by atoms with Gasteiger partial charge in [0.1, 0.15) is 0 Å². The number of nitrogens with zero attached hydrogens (tertiary/aromatic N) is 3. The summed E-state index contributed by atoms with van der Waals surface area (Å²) in [5.41, 5.74) is 5.15. The lowest BCUT2D eigenvalue weighted by Crippen LogP contribution is -2.36. The van der Waals surface area contributed by atoms with Crippen molar-refractivity contribution in [3.05, 3.63) is 65.2 Å². The van der Waals surface area contributed by atoms with Gasteiger partial charge in [-0.3, -0.25) is 9.80 Å². The van der Waals surface area contributed by atoms with E-state index in [1.54, 1.807) is 0 Å². The van der Waals surface area contributed by atoms with Crippen molar-refractivity contribution in [1.82, 2.24) is 9.80 Å². The molecule has 2 heterocycles. The molecule has 1 saturated heterocycles. The van der Waals surface area contributed by atoms with E-state index >= 15 is 0 Å². The van der Waals surface area contributed by atoms with Gasteiger partial charge in [0.25, 0.3) is 0 Å². The molecule has 26 heavy (non-hydrogen) atoms. The highest BCUT2D eigenvalue weighted by molar-refractivity contribution is 5.94. The molecule has 2 aliphatic heterocycles. The zero-order valence-electron chi connectivity index (χ0n) is 15.7. The molecule has 136 valence electrons. The van der Waals surface area contributed by atoms with Crippen LogP contribution in [0.25, 0.3) is 0 Å². The Kier molecular flexibility index (Phi) is 4.68. The monoisotopic (exact) mass is 349 g/mol. The van der Waals surface area contributed by atoms with Gasteiger partial charge in [-0.15, -0.1) is 0 Å². The molecule has 0 bridgehead atoms. The second kappa shape index (κ2) is 7.12. The van der Waals surface area contributed by atoms with Crippen LogP contribution in [0.1, 0.15) is 36.5 Å². The third kappa shape index (κ3) is 3.34. The van der Waals surface area contributed by atoms with Crippen molar-refractivity contribution in [2.24, 2.45) is 0 Å². The van der Waals surface area contributed by atoms with Gasteiger partial charge in [-0.2, -0.15) is 0 Å². The summed E-state index contributed by atoms with van der Waals surface area (Å²) >= 11 is 0. The van der Waals surface area contributed by atoms with Crippen molar-refractivity contribution < 1.29 is 4.79 Å². The number of anilines is 1. The fraction of sp³-hybridized carbons (Fsp3) is 0.409. The molecule has 4 rings (SSSR count). The Morgan fingerprint density at radius 1 is 0.923 bits per heavy atom. The maximum absolute atomic E-state index is 12.8. The summed E-state index contributed by atoms with van der Waals surface area (Å²) in [6.07, 6.45) is 0. The molecule has 0 atom stereocenters. The Morgan fingerprint density at radius 3 is 2.35 bits per heavy atom. The lowest BCUT2D eigenvalue weighted by Gasteiger charge is -2.22. The minimum atomic E-state index is 0.141. The fourth-order valence-electron chi connectivity index (χ4n) is 3.91. The van der Waals surface area contributed by atoms with E-state index in [9.17, 15) is 4.79 Å². The number of hydrogen-bond donors (Lipinski definition) is 0. The minimum Gasteiger partial charge on any atom is -0.321 e. The van der Waals surface area contributed by atoms with Crippen molar-refractivity contribution in [2.45, 2.75) is 32.9 Å². The number of carbonyl (C=O) groups excluding carboxylic acids is 1. The van der Waals surface area contributed by atoms with Crippen LogP contribution in [0, 0.1) is 0 Å². The maximum atomic E-state index is 12.8. The van der Waals surface area contributed by atoms with Crippen LogP contribution in [0.15, 0.2) is 48.5 Å². The highest BCUT2D eigenvalue weighted by Crippen LogP contribution is 2.25. The lowest BCUT2D eigenvalue weighted by molar-refractivity contribution is 0.204. The highest BCUT2D eigenvalue weighted by Gasteiger charge is 2.30. The van der Waals surface area contributed by atoms with Crippen LogP contribution in [0.3, 0.4) is 0 Å². The molecule has 2 amide bonds. The SMILES string of the molecule is CC(C)c1cccc(N2CCN(CCN3Cc4ccccc4C3)C2=O)c1. The molecule has 0 N–H and O–H groups in total. The summed E-state index contributed by atoms with van der Waals surface area (Å²) in [6.45, 7) is 9.69. The third-order valence-corrected chi connectivity index (χ3v) is 5.54. The molecule has 1 fully saturated rings. The van der Waals surface area contributed by atoms with Gasteiger partial charge in [0.2, 0.25) is 0 Å². The van der Waals surface area contributed by atoms with Crippen LogP contribution in [-0.4, -0.2) is 42.0 Å². The number of fused-ring (bicyclic) bond motifs is 1. The van der Waals surface area contributed by atoms with Crippen molar-refractivity contribution in [2.75, 3.05) is 31.1 Å². The summed E-state index contributed by atoms with van der Waals surface area (Å²) in [6, 6.07) is 17.2. The smallest absolute Gasteiger partial charge is 0.321 e. The third-order valence-electron chi connectivity index (χ3n) is 5.54. The average molecular weight is 349 g/mol. The van der Waals surface area contributed by atoms with Crippen LogP contribution in [0.5, 0.6) is 0 Å². The first-order valence-corrected chi connectivity index (χ1v) is 9.57. The molecule has 2 aliphatic rings. The second-order valence-corrected chi connectivity index (χ2v) is 7.65. The summed E-state index contributed by atoms with van der Waals surface area (Å²) in [7, 11) is 0. The quantitative estimate of drug-likeness (QED) is 0.814. The zero-order chi connectivity index (χ0) is 18.1.